The van der Waals surface area contributed by atoms with Crippen LogP contribution in [-0.2, 0) is 0 Å². The molecule has 0 saturated carbocycles. The number of hydrogen-bond acceptors (Lipinski definition) is 1. The third-order valence-electron chi connectivity index (χ3n) is 1.50. The Morgan fingerprint density at radius 3 is 2.50 bits per heavy atom. The second-order valence-electron chi connectivity index (χ2n) is 2.37. The summed E-state index contributed by atoms with van der Waals surface area (Å²) >= 11 is 0. The molecule has 0 saturated heterocycles. The van der Waals surface area contributed by atoms with E-state index in [1.54, 1.807) is 0 Å². The van der Waals surface area contributed by atoms with Crippen LogP contribution in [0.3, 0.4) is 0 Å². The molecule has 66 valence electrons. The van der Waals surface area contributed by atoms with E-state index in [-0.39, 0.29) is 17.0 Å². The Bertz CT molecular complexity index is 306. The average molecular weight is 175 g/mol. The van der Waals surface area contributed by atoms with E-state index >= 15 is 0 Å². The number of halogens is 2. The van der Waals surface area contributed by atoms with Crippen LogP contribution in [0.25, 0.3) is 0 Å². The maximum atomic E-state index is 12.0. The van der Waals surface area contributed by atoms with E-state index in [1.165, 1.54) is 6.92 Å². The molecule has 1 heterocycles. The molecule has 2 N–H and O–H groups in total. The highest BCUT2D eigenvalue weighted by Gasteiger charge is 2.16. The third kappa shape index (κ3) is 1.44. The molecule has 0 fully saturated rings. The predicted octanol–water partition coefficient (Wildman–Crippen LogP) is 1.96. The van der Waals surface area contributed by atoms with Gasteiger partial charge < -0.3 is 10.1 Å². The summed E-state index contributed by atoms with van der Waals surface area (Å²) in [5.41, 5.74) is -0.215. The van der Waals surface area contributed by atoms with E-state index in [9.17, 15) is 13.6 Å². The van der Waals surface area contributed by atoms with Gasteiger partial charge in [-0.3, -0.25) is 0 Å². The average Bonchev–Trinajstić information content (AvgIpc) is 2.30. The fourth-order valence-electron chi connectivity index (χ4n) is 0.923. The Hall–Kier alpha value is -1.39. The minimum atomic E-state index is -2.66. The zero-order valence-electron chi connectivity index (χ0n) is 6.27. The molecule has 0 aliphatic carbocycles. The maximum Gasteiger partial charge on any atom is 0.337 e. The first kappa shape index (κ1) is 8.70. The summed E-state index contributed by atoms with van der Waals surface area (Å²) in [4.78, 5) is 12.7. The van der Waals surface area contributed by atoms with E-state index < -0.39 is 12.4 Å². The molecule has 0 unspecified atom stereocenters. The van der Waals surface area contributed by atoms with Crippen LogP contribution in [0.5, 0.6) is 0 Å². The van der Waals surface area contributed by atoms with E-state index in [0.717, 1.165) is 6.07 Å². The van der Waals surface area contributed by atoms with E-state index in [1.807, 2.05) is 0 Å². The number of carboxylic acid groups (broad SMARTS) is 1. The first-order valence-corrected chi connectivity index (χ1v) is 3.23. The number of nitrogens with one attached hydrogen (secondary N) is 1. The van der Waals surface area contributed by atoms with Crippen molar-refractivity contribution in [3.8, 4) is 0 Å². The number of aromatic nitrogens is 1. The fraction of sp³-hybridized carbons (Fsp3) is 0.286. The minimum absolute atomic E-state index is 0.106. The SMILES string of the molecule is Cc1[nH]c(C(F)F)cc1C(=O)O. The van der Waals surface area contributed by atoms with Crippen molar-refractivity contribution in [3.05, 3.63) is 23.0 Å². The van der Waals surface area contributed by atoms with Crippen molar-refractivity contribution in [2.45, 2.75) is 13.3 Å². The molecule has 0 aromatic carbocycles. The first-order chi connectivity index (χ1) is 5.52. The highest BCUT2D eigenvalue weighted by molar-refractivity contribution is 5.89. The van der Waals surface area contributed by atoms with Crippen molar-refractivity contribution in [2.24, 2.45) is 0 Å². The van der Waals surface area contributed by atoms with Crippen LogP contribution in [0.1, 0.15) is 28.2 Å². The number of aryl methyl sites for hydroxylation is 1. The van der Waals surface area contributed by atoms with Gasteiger partial charge >= 0.3 is 5.97 Å². The van der Waals surface area contributed by atoms with Crippen LogP contribution >= 0.6 is 0 Å². The summed E-state index contributed by atoms with van der Waals surface area (Å²) < 4.78 is 24.0. The number of carboxylic acids is 1. The molecule has 5 heteroatoms. The van der Waals surface area contributed by atoms with Crippen molar-refractivity contribution >= 4 is 5.97 Å². The van der Waals surface area contributed by atoms with Crippen molar-refractivity contribution in [3.63, 3.8) is 0 Å². The van der Waals surface area contributed by atoms with Gasteiger partial charge in [-0.05, 0) is 13.0 Å². The van der Waals surface area contributed by atoms with Gasteiger partial charge in [0.2, 0.25) is 0 Å². The molecular formula is C7H7F2NO2. The summed E-state index contributed by atoms with van der Waals surface area (Å²) in [5.74, 6) is -1.20. The zero-order chi connectivity index (χ0) is 9.30. The van der Waals surface area contributed by atoms with Gasteiger partial charge in [0.15, 0.2) is 0 Å². The molecular weight excluding hydrogens is 168 g/mol. The summed E-state index contributed by atoms with van der Waals surface area (Å²) in [6, 6.07) is 0.947. The summed E-state index contributed by atoms with van der Waals surface area (Å²) in [5, 5.41) is 8.50. The van der Waals surface area contributed by atoms with Gasteiger partial charge in [0.1, 0.15) is 0 Å². The van der Waals surface area contributed by atoms with E-state index in [2.05, 4.69) is 4.98 Å². The van der Waals surface area contributed by atoms with Gasteiger partial charge in [-0.1, -0.05) is 0 Å². The molecule has 1 aromatic heterocycles. The van der Waals surface area contributed by atoms with Crippen molar-refractivity contribution in [2.75, 3.05) is 0 Å². The molecule has 1 rings (SSSR count). The van der Waals surface area contributed by atoms with Crippen molar-refractivity contribution < 1.29 is 18.7 Å². The Kier molecular flexibility index (Phi) is 2.12. The zero-order valence-corrected chi connectivity index (χ0v) is 6.27. The standard InChI is InChI=1S/C7H7F2NO2/c1-3-4(7(11)12)2-5(10-3)6(8)9/h2,6,10H,1H3,(H,11,12). The van der Waals surface area contributed by atoms with Gasteiger partial charge in [-0.2, -0.15) is 0 Å². The summed E-state index contributed by atoms with van der Waals surface area (Å²) in [7, 11) is 0. The van der Waals surface area contributed by atoms with Crippen molar-refractivity contribution in [1.82, 2.24) is 4.98 Å². The second-order valence-corrected chi connectivity index (χ2v) is 2.37. The Balaban J connectivity index is 3.09. The van der Waals surface area contributed by atoms with Gasteiger partial charge in [0, 0.05) is 5.69 Å². The summed E-state index contributed by atoms with van der Waals surface area (Å²) in [6.45, 7) is 1.44. The number of hydrogen-bond donors (Lipinski definition) is 2. The monoisotopic (exact) mass is 175 g/mol. The predicted molar refractivity (Wildman–Crippen MR) is 37.4 cm³/mol. The molecule has 0 atom stereocenters. The van der Waals surface area contributed by atoms with Crippen molar-refractivity contribution in [1.29, 1.82) is 0 Å². The van der Waals surface area contributed by atoms with Gasteiger partial charge in [-0.15, -0.1) is 0 Å². The first-order valence-electron chi connectivity index (χ1n) is 3.23. The lowest BCUT2D eigenvalue weighted by molar-refractivity contribution is 0.0696. The molecule has 0 radical (unpaired) electrons. The summed E-state index contributed by atoms with van der Waals surface area (Å²) in [6.07, 6.45) is -2.66. The number of aromatic amines is 1. The number of rotatable bonds is 2. The van der Waals surface area contributed by atoms with Crippen LogP contribution in [-0.4, -0.2) is 16.1 Å². The van der Waals surface area contributed by atoms with Crippen LogP contribution in [0, 0.1) is 6.92 Å². The highest BCUT2D eigenvalue weighted by Crippen LogP contribution is 2.20. The maximum absolute atomic E-state index is 12.0. The normalized spacial score (nSPS) is 10.7. The van der Waals surface area contributed by atoms with Crippen LogP contribution < -0.4 is 0 Å². The quantitative estimate of drug-likeness (QED) is 0.721. The lowest BCUT2D eigenvalue weighted by Gasteiger charge is -1.90. The van der Waals surface area contributed by atoms with Crippen LogP contribution in [0.4, 0.5) is 8.78 Å². The molecule has 0 spiro atoms. The fourth-order valence-corrected chi connectivity index (χ4v) is 0.923. The molecule has 0 aliphatic rings. The number of alkyl halides is 2. The smallest absolute Gasteiger partial charge is 0.337 e. The second kappa shape index (κ2) is 2.92. The molecule has 0 bridgehead atoms. The lowest BCUT2D eigenvalue weighted by atomic mass is 10.2. The largest absolute Gasteiger partial charge is 0.478 e. The Labute approximate surface area is 67.0 Å². The van der Waals surface area contributed by atoms with Crippen LogP contribution in [0.15, 0.2) is 6.07 Å². The topological polar surface area (TPSA) is 53.1 Å². The molecule has 12 heavy (non-hydrogen) atoms. The van der Waals surface area contributed by atoms with Gasteiger partial charge in [0.25, 0.3) is 6.43 Å². The lowest BCUT2D eigenvalue weighted by Crippen LogP contribution is -1.95. The van der Waals surface area contributed by atoms with Gasteiger partial charge in [-0.25, -0.2) is 13.6 Å². The Morgan fingerprint density at radius 1 is 1.67 bits per heavy atom. The third-order valence-corrected chi connectivity index (χ3v) is 1.50. The molecule has 0 amide bonds. The van der Waals surface area contributed by atoms with Gasteiger partial charge in [0.05, 0.1) is 11.3 Å². The molecule has 3 nitrogen and oxygen atoms in total. The number of carbonyl (C=O) groups is 1. The highest BCUT2D eigenvalue weighted by atomic mass is 19.3. The van der Waals surface area contributed by atoms with E-state index in [0.29, 0.717) is 0 Å². The number of H-pyrrole nitrogens is 1. The minimum Gasteiger partial charge on any atom is -0.478 e. The van der Waals surface area contributed by atoms with Crippen LogP contribution in [0.2, 0.25) is 0 Å². The van der Waals surface area contributed by atoms with E-state index in [4.69, 9.17) is 5.11 Å². The number of aromatic carboxylic acids is 1. The molecule has 1 aromatic rings. The Morgan fingerprint density at radius 2 is 2.25 bits per heavy atom. The molecule has 0 aliphatic heterocycles.